The summed E-state index contributed by atoms with van der Waals surface area (Å²) in [6.07, 6.45) is 16.4. The first-order valence-corrected chi connectivity index (χ1v) is 14.9. The smallest absolute Gasteiger partial charge is 0.330 e. The van der Waals surface area contributed by atoms with Gasteiger partial charge in [0.15, 0.2) is 0 Å². The van der Waals surface area contributed by atoms with Gasteiger partial charge in [0.05, 0.1) is 12.7 Å². The molecule has 0 bridgehead atoms. The molecule has 39 heavy (non-hydrogen) atoms. The van der Waals surface area contributed by atoms with Gasteiger partial charge in [-0.05, 0) is 68.0 Å². The highest BCUT2D eigenvalue weighted by atomic mass is 16.5. The Hall–Kier alpha value is -3.08. The van der Waals surface area contributed by atoms with Crippen molar-refractivity contribution in [3.63, 3.8) is 0 Å². The monoisotopic (exact) mass is 536 g/mol. The Labute approximate surface area is 235 Å². The number of esters is 2. The molecule has 0 N–H and O–H groups in total. The number of hydrogen-bond acceptors (Lipinski definition) is 5. The molecule has 0 aliphatic carbocycles. The van der Waals surface area contributed by atoms with E-state index in [-0.39, 0.29) is 18.0 Å². The molecular weight excluding hydrogens is 488 g/mol. The maximum atomic E-state index is 12.2. The van der Waals surface area contributed by atoms with Gasteiger partial charge in [-0.3, -0.25) is 4.79 Å². The summed E-state index contributed by atoms with van der Waals surface area (Å²) in [4.78, 5) is 23.2. The van der Waals surface area contributed by atoms with Gasteiger partial charge < -0.3 is 14.2 Å². The van der Waals surface area contributed by atoms with E-state index in [0.717, 1.165) is 68.2 Å². The van der Waals surface area contributed by atoms with E-state index in [1.165, 1.54) is 38.2 Å². The summed E-state index contributed by atoms with van der Waals surface area (Å²) >= 11 is 0. The minimum absolute atomic E-state index is 0.179. The van der Waals surface area contributed by atoms with Crippen LogP contribution >= 0.6 is 0 Å². The first-order valence-electron chi connectivity index (χ1n) is 14.9. The van der Waals surface area contributed by atoms with Gasteiger partial charge in [0.25, 0.3) is 0 Å². The lowest BCUT2D eigenvalue weighted by Crippen LogP contribution is -2.11. The van der Waals surface area contributed by atoms with Gasteiger partial charge in [-0.25, -0.2) is 4.79 Å². The second kappa shape index (κ2) is 19.9. The molecule has 2 aromatic carbocycles. The van der Waals surface area contributed by atoms with E-state index < -0.39 is 0 Å². The third kappa shape index (κ3) is 14.6. The quantitative estimate of drug-likeness (QED) is 0.0688. The van der Waals surface area contributed by atoms with Gasteiger partial charge in [0, 0.05) is 12.5 Å². The highest BCUT2D eigenvalue weighted by molar-refractivity contribution is 5.81. The van der Waals surface area contributed by atoms with E-state index in [1.807, 2.05) is 36.4 Å². The average Bonchev–Trinajstić information content (AvgIpc) is 2.94. The highest BCUT2D eigenvalue weighted by Gasteiger charge is 2.07. The van der Waals surface area contributed by atoms with Crippen molar-refractivity contribution in [2.24, 2.45) is 0 Å². The molecule has 2 rings (SSSR count). The topological polar surface area (TPSA) is 61.8 Å². The zero-order valence-corrected chi connectivity index (χ0v) is 24.1. The van der Waals surface area contributed by atoms with Crippen molar-refractivity contribution in [1.82, 2.24) is 0 Å². The maximum absolute atomic E-state index is 12.2. The number of ether oxygens (including phenoxy) is 3. The summed E-state index contributed by atoms with van der Waals surface area (Å²) in [6.45, 7) is 8.22. The van der Waals surface area contributed by atoms with Gasteiger partial charge in [-0.15, -0.1) is 0 Å². The van der Waals surface area contributed by atoms with Crippen LogP contribution < -0.4 is 9.47 Å². The number of hydrogen-bond donors (Lipinski definition) is 0. The lowest BCUT2D eigenvalue weighted by molar-refractivity contribution is -0.138. The van der Waals surface area contributed by atoms with Crippen molar-refractivity contribution in [2.45, 2.75) is 110 Å². The van der Waals surface area contributed by atoms with Crippen LogP contribution in [0.1, 0.15) is 104 Å². The Morgan fingerprint density at radius 3 is 1.87 bits per heavy atom. The molecular formula is C34H48O5. The molecule has 0 spiro atoms. The van der Waals surface area contributed by atoms with Crippen molar-refractivity contribution in [3.8, 4) is 22.6 Å². The summed E-state index contributed by atoms with van der Waals surface area (Å²) < 4.78 is 16.5. The molecule has 0 fully saturated rings. The lowest BCUT2D eigenvalue weighted by atomic mass is 10.1. The van der Waals surface area contributed by atoms with Crippen molar-refractivity contribution in [1.29, 1.82) is 0 Å². The SMILES string of the molecule is C=CC(=O)OCCCCCCCCCCC(=O)Oc1ccc(-c2ccc(OC(C)CCCCCC)cc2)cc1. The summed E-state index contributed by atoms with van der Waals surface area (Å²) in [6, 6.07) is 15.9. The maximum Gasteiger partial charge on any atom is 0.330 e. The number of carbonyl (C=O) groups is 2. The van der Waals surface area contributed by atoms with E-state index in [0.29, 0.717) is 18.8 Å². The first-order chi connectivity index (χ1) is 19.0. The van der Waals surface area contributed by atoms with Crippen LogP contribution in [0.15, 0.2) is 61.2 Å². The molecule has 0 saturated heterocycles. The normalized spacial score (nSPS) is 11.5. The first kappa shape index (κ1) is 32.1. The molecule has 1 atom stereocenters. The zero-order chi connectivity index (χ0) is 28.1. The van der Waals surface area contributed by atoms with E-state index in [1.54, 1.807) is 0 Å². The van der Waals surface area contributed by atoms with Crippen molar-refractivity contribution >= 4 is 11.9 Å². The molecule has 214 valence electrons. The van der Waals surface area contributed by atoms with Gasteiger partial charge in [0.1, 0.15) is 11.5 Å². The minimum Gasteiger partial charge on any atom is -0.491 e. The van der Waals surface area contributed by atoms with Crippen molar-refractivity contribution in [2.75, 3.05) is 6.61 Å². The molecule has 2 aromatic rings. The molecule has 0 amide bonds. The van der Waals surface area contributed by atoms with Crippen LogP contribution in [0.2, 0.25) is 0 Å². The van der Waals surface area contributed by atoms with Crippen LogP contribution in [0.25, 0.3) is 11.1 Å². The fraction of sp³-hybridized carbons (Fsp3) is 0.529. The summed E-state index contributed by atoms with van der Waals surface area (Å²) in [5.74, 6) is 0.952. The Morgan fingerprint density at radius 1 is 0.744 bits per heavy atom. The number of rotatable bonds is 21. The Morgan fingerprint density at radius 2 is 1.28 bits per heavy atom. The van der Waals surface area contributed by atoms with Crippen LogP contribution in [0.4, 0.5) is 0 Å². The highest BCUT2D eigenvalue weighted by Crippen LogP contribution is 2.26. The van der Waals surface area contributed by atoms with Gasteiger partial charge >= 0.3 is 11.9 Å². The van der Waals surface area contributed by atoms with Crippen LogP contribution in [0.3, 0.4) is 0 Å². The summed E-state index contributed by atoms with van der Waals surface area (Å²) in [5.41, 5.74) is 2.18. The summed E-state index contributed by atoms with van der Waals surface area (Å²) in [5, 5.41) is 0. The summed E-state index contributed by atoms with van der Waals surface area (Å²) in [7, 11) is 0. The van der Waals surface area contributed by atoms with E-state index >= 15 is 0 Å². The number of benzene rings is 2. The molecule has 0 aromatic heterocycles. The van der Waals surface area contributed by atoms with E-state index in [9.17, 15) is 9.59 Å². The van der Waals surface area contributed by atoms with E-state index in [2.05, 4.69) is 32.6 Å². The zero-order valence-electron chi connectivity index (χ0n) is 24.1. The van der Waals surface area contributed by atoms with Crippen LogP contribution in [0.5, 0.6) is 11.5 Å². The van der Waals surface area contributed by atoms with Gasteiger partial charge in [0.2, 0.25) is 0 Å². The van der Waals surface area contributed by atoms with Crippen LogP contribution in [-0.4, -0.2) is 24.6 Å². The molecule has 0 saturated carbocycles. The van der Waals surface area contributed by atoms with Gasteiger partial charge in [-0.1, -0.05) is 95.6 Å². The Kier molecular flexibility index (Phi) is 16.4. The number of carbonyl (C=O) groups excluding carboxylic acids is 2. The molecule has 5 heteroatoms. The fourth-order valence-electron chi connectivity index (χ4n) is 4.44. The molecule has 1 unspecified atom stereocenters. The number of unbranched alkanes of at least 4 members (excludes halogenated alkanes) is 10. The molecule has 5 nitrogen and oxygen atoms in total. The van der Waals surface area contributed by atoms with Crippen molar-refractivity contribution in [3.05, 3.63) is 61.2 Å². The second-order valence-electron chi connectivity index (χ2n) is 10.3. The van der Waals surface area contributed by atoms with Crippen LogP contribution in [-0.2, 0) is 14.3 Å². The molecule has 0 heterocycles. The lowest BCUT2D eigenvalue weighted by Gasteiger charge is -2.15. The second-order valence-corrected chi connectivity index (χ2v) is 10.3. The molecule has 0 radical (unpaired) electrons. The predicted octanol–water partition coefficient (Wildman–Crippen LogP) is 9.24. The van der Waals surface area contributed by atoms with E-state index in [4.69, 9.17) is 14.2 Å². The fourth-order valence-corrected chi connectivity index (χ4v) is 4.44. The Balaban J connectivity index is 1.58. The van der Waals surface area contributed by atoms with Crippen LogP contribution in [0, 0.1) is 0 Å². The Bertz CT molecular complexity index is 949. The minimum atomic E-state index is -0.351. The third-order valence-electron chi connectivity index (χ3n) is 6.76. The predicted molar refractivity (Wildman–Crippen MR) is 159 cm³/mol. The average molecular weight is 537 g/mol. The largest absolute Gasteiger partial charge is 0.491 e. The van der Waals surface area contributed by atoms with Crippen molar-refractivity contribution < 1.29 is 23.8 Å². The van der Waals surface area contributed by atoms with Gasteiger partial charge in [-0.2, -0.15) is 0 Å². The third-order valence-corrected chi connectivity index (χ3v) is 6.76. The standard InChI is InChI=1S/C34H48O5/c1-4-6-7-14-17-28(3)38-31-23-19-29(20-24-31)30-21-25-32(26-22-30)39-34(36)18-15-12-10-8-9-11-13-16-27-37-33(35)5-2/h5,19-26,28H,2,4,6-18,27H2,1,3H3. The molecule has 0 aliphatic rings. The molecule has 0 aliphatic heterocycles.